The SMILES string of the molecule is CCCC/C=C(\C)c1cnccn1. The molecule has 0 radical (unpaired) electrons. The van der Waals surface area contributed by atoms with Crippen LogP contribution in [0.3, 0.4) is 0 Å². The Bertz CT molecular complexity index is 265. The number of unbranched alkanes of at least 4 members (excludes halogenated alkanes) is 2. The van der Waals surface area contributed by atoms with Crippen molar-refractivity contribution >= 4 is 5.57 Å². The Hall–Kier alpha value is -1.18. The first-order valence-electron chi connectivity index (χ1n) is 4.77. The minimum atomic E-state index is 0.985. The predicted octanol–water partition coefficient (Wildman–Crippen LogP) is 3.07. The molecule has 0 aliphatic carbocycles. The number of allylic oxidation sites excluding steroid dienone is 2. The van der Waals surface area contributed by atoms with Crippen molar-refractivity contribution in [3.05, 3.63) is 30.4 Å². The second-order valence-electron chi connectivity index (χ2n) is 3.12. The first kappa shape index (κ1) is 9.90. The first-order valence-corrected chi connectivity index (χ1v) is 4.77. The quantitative estimate of drug-likeness (QED) is 0.659. The van der Waals surface area contributed by atoms with E-state index in [1.807, 2.05) is 0 Å². The van der Waals surface area contributed by atoms with Gasteiger partial charge in [-0.3, -0.25) is 9.97 Å². The van der Waals surface area contributed by atoms with Crippen molar-refractivity contribution < 1.29 is 0 Å². The Labute approximate surface area is 79.7 Å². The van der Waals surface area contributed by atoms with Gasteiger partial charge in [0.2, 0.25) is 0 Å². The molecule has 2 nitrogen and oxygen atoms in total. The molecule has 1 aromatic heterocycles. The van der Waals surface area contributed by atoms with Crippen LogP contribution in [-0.4, -0.2) is 9.97 Å². The molecule has 0 N–H and O–H groups in total. The van der Waals surface area contributed by atoms with E-state index in [9.17, 15) is 0 Å². The van der Waals surface area contributed by atoms with Gasteiger partial charge in [0.05, 0.1) is 11.9 Å². The van der Waals surface area contributed by atoms with Crippen LogP contribution in [0, 0.1) is 0 Å². The summed E-state index contributed by atoms with van der Waals surface area (Å²) in [6.07, 6.45) is 11.1. The summed E-state index contributed by atoms with van der Waals surface area (Å²) in [4.78, 5) is 8.26. The number of hydrogen-bond acceptors (Lipinski definition) is 2. The van der Waals surface area contributed by atoms with Crippen LogP contribution >= 0.6 is 0 Å². The fourth-order valence-electron chi connectivity index (χ4n) is 1.13. The van der Waals surface area contributed by atoms with Crippen LogP contribution in [0.4, 0.5) is 0 Å². The van der Waals surface area contributed by atoms with Gasteiger partial charge in [0.25, 0.3) is 0 Å². The number of aromatic nitrogens is 2. The van der Waals surface area contributed by atoms with E-state index in [2.05, 4.69) is 29.9 Å². The van der Waals surface area contributed by atoms with Gasteiger partial charge in [-0.15, -0.1) is 0 Å². The van der Waals surface area contributed by atoms with Crippen LogP contribution in [0.1, 0.15) is 38.8 Å². The summed E-state index contributed by atoms with van der Waals surface area (Å²) < 4.78 is 0. The van der Waals surface area contributed by atoms with Crippen LogP contribution in [0.25, 0.3) is 5.57 Å². The van der Waals surface area contributed by atoms with Crippen molar-refractivity contribution in [3.8, 4) is 0 Å². The fourth-order valence-corrected chi connectivity index (χ4v) is 1.13. The van der Waals surface area contributed by atoms with E-state index in [4.69, 9.17) is 0 Å². The zero-order chi connectivity index (χ0) is 9.52. The molecule has 0 amide bonds. The van der Waals surface area contributed by atoms with E-state index in [1.165, 1.54) is 18.4 Å². The predicted molar refractivity (Wildman–Crippen MR) is 55.2 cm³/mol. The monoisotopic (exact) mass is 176 g/mol. The lowest BCUT2D eigenvalue weighted by Gasteiger charge is -1.98. The maximum absolute atomic E-state index is 4.23. The molecule has 0 fully saturated rings. The number of hydrogen-bond donors (Lipinski definition) is 0. The molecule has 13 heavy (non-hydrogen) atoms. The average Bonchev–Trinajstić information content (AvgIpc) is 2.19. The van der Waals surface area contributed by atoms with E-state index >= 15 is 0 Å². The standard InChI is InChI=1S/C11H16N2/c1-3-4-5-6-10(2)11-9-12-7-8-13-11/h6-9H,3-5H2,1-2H3/b10-6+. The molecule has 2 heteroatoms. The zero-order valence-electron chi connectivity index (χ0n) is 8.33. The van der Waals surface area contributed by atoms with Gasteiger partial charge < -0.3 is 0 Å². The van der Waals surface area contributed by atoms with Gasteiger partial charge in [0.15, 0.2) is 0 Å². The Morgan fingerprint density at radius 3 is 2.92 bits per heavy atom. The maximum Gasteiger partial charge on any atom is 0.0838 e. The van der Waals surface area contributed by atoms with Crippen LogP contribution in [0.15, 0.2) is 24.7 Å². The minimum Gasteiger partial charge on any atom is -0.261 e. The molecule has 0 bridgehead atoms. The molecule has 0 saturated carbocycles. The summed E-state index contributed by atoms with van der Waals surface area (Å²) in [5.74, 6) is 0. The second kappa shape index (κ2) is 5.46. The average molecular weight is 176 g/mol. The van der Waals surface area contributed by atoms with Crippen molar-refractivity contribution in [2.24, 2.45) is 0 Å². The molecule has 1 heterocycles. The molecule has 1 rings (SSSR count). The molecule has 70 valence electrons. The lowest BCUT2D eigenvalue weighted by atomic mass is 10.1. The fraction of sp³-hybridized carbons (Fsp3) is 0.455. The Balaban J connectivity index is 2.57. The van der Waals surface area contributed by atoms with Crippen molar-refractivity contribution in [1.29, 1.82) is 0 Å². The van der Waals surface area contributed by atoms with Crippen LogP contribution in [0.2, 0.25) is 0 Å². The van der Waals surface area contributed by atoms with Gasteiger partial charge >= 0.3 is 0 Å². The summed E-state index contributed by atoms with van der Waals surface area (Å²) in [7, 11) is 0. The number of nitrogens with zero attached hydrogens (tertiary/aromatic N) is 2. The summed E-state index contributed by atoms with van der Waals surface area (Å²) in [6, 6.07) is 0. The third-order valence-electron chi connectivity index (χ3n) is 1.98. The normalized spacial score (nSPS) is 11.7. The van der Waals surface area contributed by atoms with Gasteiger partial charge in [0.1, 0.15) is 0 Å². The van der Waals surface area contributed by atoms with Crippen molar-refractivity contribution in [1.82, 2.24) is 9.97 Å². The van der Waals surface area contributed by atoms with Gasteiger partial charge in [-0.2, -0.15) is 0 Å². The topological polar surface area (TPSA) is 25.8 Å². The molecule has 0 saturated heterocycles. The largest absolute Gasteiger partial charge is 0.261 e. The minimum absolute atomic E-state index is 0.985. The highest BCUT2D eigenvalue weighted by molar-refractivity contribution is 5.59. The Kier molecular flexibility index (Phi) is 4.16. The summed E-state index contributed by atoms with van der Waals surface area (Å²) in [5, 5.41) is 0. The summed E-state index contributed by atoms with van der Waals surface area (Å²) in [5.41, 5.74) is 2.21. The molecule has 1 aromatic rings. The van der Waals surface area contributed by atoms with E-state index in [0.29, 0.717) is 0 Å². The van der Waals surface area contributed by atoms with E-state index in [-0.39, 0.29) is 0 Å². The molecule has 0 aromatic carbocycles. The first-order chi connectivity index (χ1) is 6.34. The Morgan fingerprint density at radius 1 is 1.46 bits per heavy atom. The van der Waals surface area contributed by atoms with E-state index in [0.717, 1.165) is 12.1 Å². The van der Waals surface area contributed by atoms with Gasteiger partial charge in [-0.25, -0.2) is 0 Å². The number of rotatable bonds is 4. The second-order valence-corrected chi connectivity index (χ2v) is 3.12. The lowest BCUT2D eigenvalue weighted by Crippen LogP contribution is -1.86. The zero-order valence-corrected chi connectivity index (χ0v) is 8.33. The van der Waals surface area contributed by atoms with Gasteiger partial charge in [0, 0.05) is 12.4 Å². The lowest BCUT2D eigenvalue weighted by molar-refractivity contribution is 0.815. The molecular weight excluding hydrogens is 160 g/mol. The van der Waals surface area contributed by atoms with Crippen LogP contribution < -0.4 is 0 Å². The third kappa shape index (κ3) is 3.36. The third-order valence-corrected chi connectivity index (χ3v) is 1.98. The van der Waals surface area contributed by atoms with Gasteiger partial charge in [-0.1, -0.05) is 25.8 Å². The molecule has 0 atom stereocenters. The van der Waals surface area contributed by atoms with Gasteiger partial charge in [-0.05, 0) is 18.9 Å². The van der Waals surface area contributed by atoms with Crippen molar-refractivity contribution in [2.45, 2.75) is 33.1 Å². The smallest absolute Gasteiger partial charge is 0.0838 e. The van der Waals surface area contributed by atoms with Crippen LogP contribution in [0.5, 0.6) is 0 Å². The maximum atomic E-state index is 4.23. The molecule has 0 aliphatic rings. The highest BCUT2D eigenvalue weighted by Gasteiger charge is 1.94. The molecule has 0 aliphatic heterocycles. The van der Waals surface area contributed by atoms with E-state index in [1.54, 1.807) is 18.6 Å². The summed E-state index contributed by atoms with van der Waals surface area (Å²) in [6.45, 7) is 4.28. The molecule has 0 unspecified atom stereocenters. The Morgan fingerprint density at radius 2 is 2.31 bits per heavy atom. The van der Waals surface area contributed by atoms with Crippen molar-refractivity contribution in [2.75, 3.05) is 0 Å². The molecular formula is C11H16N2. The highest BCUT2D eigenvalue weighted by Crippen LogP contribution is 2.10. The summed E-state index contributed by atoms with van der Waals surface area (Å²) >= 11 is 0. The van der Waals surface area contributed by atoms with Crippen molar-refractivity contribution in [3.63, 3.8) is 0 Å². The molecule has 0 spiro atoms. The van der Waals surface area contributed by atoms with E-state index < -0.39 is 0 Å². The highest BCUT2D eigenvalue weighted by atomic mass is 14.8. The van der Waals surface area contributed by atoms with Crippen LogP contribution in [-0.2, 0) is 0 Å².